The minimum Gasteiger partial charge on any atom is -0.497 e. The number of aliphatic imine (C=N–C) groups is 1. The van der Waals surface area contributed by atoms with E-state index in [0.717, 1.165) is 54.9 Å². The molecular formula is C20H30N6O2. The fourth-order valence-corrected chi connectivity index (χ4v) is 3.21. The fourth-order valence-electron chi connectivity index (χ4n) is 3.21. The van der Waals surface area contributed by atoms with Crippen LogP contribution < -0.4 is 20.1 Å². The predicted molar refractivity (Wildman–Crippen MR) is 109 cm³/mol. The van der Waals surface area contributed by atoms with E-state index in [1.165, 1.54) is 0 Å². The molecule has 1 aliphatic heterocycles. The number of guanidine groups is 1. The van der Waals surface area contributed by atoms with Gasteiger partial charge in [0.15, 0.2) is 11.8 Å². The van der Waals surface area contributed by atoms with Gasteiger partial charge in [0, 0.05) is 32.0 Å². The highest BCUT2D eigenvalue weighted by Crippen LogP contribution is 2.19. The largest absolute Gasteiger partial charge is 0.497 e. The third kappa shape index (κ3) is 5.15. The molecule has 0 spiro atoms. The average Bonchev–Trinajstić information content (AvgIpc) is 3.13. The van der Waals surface area contributed by atoms with Gasteiger partial charge in [-0.25, -0.2) is 9.67 Å². The number of hydrogen-bond donors (Lipinski definition) is 2. The predicted octanol–water partition coefficient (Wildman–Crippen LogP) is 1.80. The van der Waals surface area contributed by atoms with Crippen molar-refractivity contribution in [1.29, 1.82) is 0 Å². The van der Waals surface area contributed by atoms with Gasteiger partial charge < -0.3 is 20.1 Å². The van der Waals surface area contributed by atoms with Crippen LogP contribution in [0.2, 0.25) is 0 Å². The molecule has 0 radical (unpaired) electrons. The first-order valence-corrected chi connectivity index (χ1v) is 9.81. The second-order valence-electron chi connectivity index (χ2n) is 6.92. The summed E-state index contributed by atoms with van der Waals surface area (Å²) in [6, 6.07) is 7.90. The number of nitrogens with one attached hydrogen (secondary N) is 2. The lowest BCUT2D eigenvalue weighted by Gasteiger charge is -2.26. The van der Waals surface area contributed by atoms with Gasteiger partial charge in [-0.3, -0.25) is 4.99 Å². The van der Waals surface area contributed by atoms with Crippen LogP contribution in [0.15, 0.2) is 29.3 Å². The van der Waals surface area contributed by atoms with E-state index in [-0.39, 0.29) is 12.1 Å². The molecule has 0 amide bonds. The molecule has 28 heavy (non-hydrogen) atoms. The van der Waals surface area contributed by atoms with Gasteiger partial charge in [0.25, 0.3) is 0 Å². The molecule has 1 aliphatic rings. The number of fused-ring (bicyclic) bond motifs is 1. The lowest BCUT2D eigenvalue weighted by molar-refractivity contribution is 0.222. The summed E-state index contributed by atoms with van der Waals surface area (Å²) in [5.74, 6) is 4.34. The van der Waals surface area contributed by atoms with Crippen molar-refractivity contribution in [2.45, 2.75) is 51.8 Å². The Balaban J connectivity index is 1.48. The average molecular weight is 387 g/mol. The molecule has 8 nitrogen and oxygen atoms in total. The normalized spacial score (nSPS) is 17.6. The highest BCUT2D eigenvalue weighted by Gasteiger charge is 2.22. The Kier molecular flexibility index (Phi) is 6.73. The van der Waals surface area contributed by atoms with Gasteiger partial charge in [-0.1, -0.05) is 13.0 Å². The first kappa shape index (κ1) is 20.0. The molecule has 1 aromatic carbocycles. The second-order valence-corrected chi connectivity index (χ2v) is 6.92. The van der Waals surface area contributed by atoms with Gasteiger partial charge in [0.1, 0.15) is 23.4 Å². The number of hydrogen-bond acceptors (Lipinski definition) is 5. The lowest BCUT2D eigenvalue weighted by atomic mass is 10.1. The Hall–Kier alpha value is -2.77. The second kappa shape index (κ2) is 9.43. The van der Waals surface area contributed by atoms with Gasteiger partial charge in [0.05, 0.1) is 20.2 Å². The number of methoxy groups -OCH3 is 1. The van der Waals surface area contributed by atoms with Crippen LogP contribution >= 0.6 is 0 Å². The molecule has 0 aliphatic carbocycles. The summed E-state index contributed by atoms with van der Waals surface area (Å²) in [5.41, 5.74) is 0. The summed E-state index contributed by atoms with van der Waals surface area (Å²) in [5, 5.41) is 11.4. The maximum Gasteiger partial charge on any atom is 0.191 e. The molecule has 0 saturated carbocycles. The molecule has 1 aromatic heterocycles. The Bertz CT molecular complexity index is 804. The number of ether oxygens (including phenoxy) is 2. The van der Waals surface area contributed by atoms with Gasteiger partial charge >= 0.3 is 0 Å². The molecule has 2 atom stereocenters. The van der Waals surface area contributed by atoms with Crippen molar-refractivity contribution in [1.82, 2.24) is 25.4 Å². The molecule has 2 aromatic rings. The highest BCUT2D eigenvalue weighted by atomic mass is 16.5. The van der Waals surface area contributed by atoms with Crippen molar-refractivity contribution in [3.8, 4) is 11.5 Å². The van der Waals surface area contributed by atoms with Gasteiger partial charge in [-0.15, -0.1) is 0 Å². The van der Waals surface area contributed by atoms with E-state index in [4.69, 9.17) is 9.47 Å². The third-order valence-corrected chi connectivity index (χ3v) is 4.72. The Morgan fingerprint density at radius 1 is 1.39 bits per heavy atom. The number of aryl methyl sites for hydroxylation is 2. The Morgan fingerprint density at radius 3 is 2.96 bits per heavy atom. The zero-order valence-corrected chi connectivity index (χ0v) is 17.1. The summed E-state index contributed by atoms with van der Waals surface area (Å²) in [7, 11) is 3.43. The molecule has 152 valence electrons. The Morgan fingerprint density at radius 2 is 2.21 bits per heavy atom. The quantitative estimate of drug-likeness (QED) is 0.557. The maximum absolute atomic E-state index is 5.96. The summed E-state index contributed by atoms with van der Waals surface area (Å²) >= 11 is 0. The highest BCUT2D eigenvalue weighted by molar-refractivity contribution is 5.80. The molecule has 2 N–H and O–H groups in total. The van der Waals surface area contributed by atoms with Crippen molar-refractivity contribution >= 4 is 5.96 Å². The van der Waals surface area contributed by atoms with Crippen LogP contribution in [0.25, 0.3) is 0 Å². The molecule has 0 bridgehead atoms. The van der Waals surface area contributed by atoms with E-state index in [1.54, 1.807) is 14.2 Å². The van der Waals surface area contributed by atoms with Gasteiger partial charge in [-0.05, 0) is 25.5 Å². The molecular weight excluding hydrogens is 356 g/mol. The van der Waals surface area contributed by atoms with Crippen molar-refractivity contribution in [2.75, 3.05) is 20.7 Å². The van der Waals surface area contributed by atoms with E-state index in [9.17, 15) is 0 Å². The molecule has 2 unspecified atom stereocenters. The summed E-state index contributed by atoms with van der Waals surface area (Å²) in [6.07, 6.45) is 2.79. The smallest absolute Gasteiger partial charge is 0.191 e. The van der Waals surface area contributed by atoms with Crippen LogP contribution in [0.5, 0.6) is 11.5 Å². The zero-order chi connectivity index (χ0) is 19.9. The molecule has 2 heterocycles. The molecule has 0 saturated heterocycles. The summed E-state index contributed by atoms with van der Waals surface area (Å²) in [6.45, 7) is 5.54. The lowest BCUT2D eigenvalue weighted by Crippen LogP contribution is -2.48. The van der Waals surface area contributed by atoms with Crippen LogP contribution in [0.1, 0.15) is 31.9 Å². The number of aromatic nitrogens is 3. The van der Waals surface area contributed by atoms with E-state index >= 15 is 0 Å². The minimum atomic E-state index is -0.0222. The number of nitrogens with zero attached hydrogens (tertiary/aromatic N) is 4. The first-order chi connectivity index (χ1) is 13.6. The van der Waals surface area contributed by atoms with Gasteiger partial charge in [-0.2, -0.15) is 5.10 Å². The third-order valence-electron chi connectivity index (χ3n) is 4.72. The van der Waals surface area contributed by atoms with Crippen molar-refractivity contribution in [3.63, 3.8) is 0 Å². The zero-order valence-electron chi connectivity index (χ0n) is 17.1. The van der Waals surface area contributed by atoms with Crippen LogP contribution in [0, 0.1) is 0 Å². The molecule has 3 rings (SSSR count). The molecule has 0 fully saturated rings. The van der Waals surface area contributed by atoms with E-state index in [1.807, 2.05) is 35.9 Å². The standard InChI is InChI=1S/C20H30N6O2/c1-5-18-24-19-10-9-15(13-26(19)25-18)23-20(21-3)22-12-14(2)28-17-8-6-7-16(11-17)27-4/h6-8,11,14-15H,5,9-10,12-13H2,1-4H3,(H2,21,22,23). The van der Waals surface area contributed by atoms with Crippen LogP contribution in [-0.4, -0.2) is 53.6 Å². The van der Waals surface area contributed by atoms with Crippen LogP contribution in [0.4, 0.5) is 0 Å². The van der Waals surface area contributed by atoms with Crippen LogP contribution in [0.3, 0.4) is 0 Å². The van der Waals surface area contributed by atoms with Crippen molar-refractivity contribution in [3.05, 3.63) is 35.9 Å². The summed E-state index contributed by atoms with van der Waals surface area (Å²) < 4.78 is 13.2. The number of rotatable bonds is 7. The molecule has 8 heteroatoms. The number of benzene rings is 1. The SMILES string of the molecule is CCc1nc2n(n1)CC(NC(=NC)NCC(C)Oc1cccc(OC)c1)CC2. The van der Waals surface area contributed by atoms with E-state index < -0.39 is 0 Å². The summed E-state index contributed by atoms with van der Waals surface area (Å²) in [4.78, 5) is 8.91. The van der Waals surface area contributed by atoms with E-state index in [2.05, 4.69) is 32.6 Å². The maximum atomic E-state index is 5.96. The Labute approximate surface area is 166 Å². The van der Waals surface area contributed by atoms with E-state index in [0.29, 0.717) is 6.54 Å². The minimum absolute atomic E-state index is 0.0222. The van der Waals surface area contributed by atoms with Gasteiger partial charge in [0.2, 0.25) is 0 Å². The first-order valence-electron chi connectivity index (χ1n) is 9.81. The van der Waals surface area contributed by atoms with Crippen molar-refractivity contribution < 1.29 is 9.47 Å². The van der Waals surface area contributed by atoms with Crippen molar-refractivity contribution in [2.24, 2.45) is 4.99 Å². The fraction of sp³-hybridized carbons (Fsp3) is 0.550. The van der Waals surface area contributed by atoms with Crippen LogP contribution in [-0.2, 0) is 19.4 Å². The topological polar surface area (TPSA) is 85.6 Å². The monoisotopic (exact) mass is 386 g/mol.